The van der Waals surface area contributed by atoms with Crippen molar-refractivity contribution >= 4 is 30.0 Å². The minimum absolute atomic E-state index is 0. The van der Waals surface area contributed by atoms with E-state index in [9.17, 15) is 9.59 Å². The van der Waals surface area contributed by atoms with Crippen LogP contribution in [0.1, 0.15) is 22.7 Å². The second-order valence-corrected chi connectivity index (χ2v) is 7.25. The number of aryl methyl sites for hydroxylation is 2. The van der Waals surface area contributed by atoms with Crippen LogP contribution >= 0.6 is 12.4 Å². The Morgan fingerprint density at radius 3 is 2.70 bits per heavy atom. The molecule has 3 N–H and O–H groups in total. The zero-order valence-electron chi connectivity index (χ0n) is 17.5. The van der Waals surface area contributed by atoms with Gasteiger partial charge in [-0.25, -0.2) is 4.79 Å². The van der Waals surface area contributed by atoms with E-state index >= 15 is 0 Å². The van der Waals surface area contributed by atoms with E-state index in [1.54, 1.807) is 7.11 Å². The summed E-state index contributed by atoms with van der Waals surface area (Å²) in [6.07, 6.45) is 0. The normalized spacial score (nSPS) is 16.3. The zero-order valence-corrected chi connectivity index (χ0v) is 18.3. The number of nitrogens with zero attached hydrogens (tertiary/aromatic N) is 1. The van der Waals surface area contributed by atoms with Gasteiger partial charge in [-0.3, -0.25) is 15.0 Å². The third-order valence-electron chi connectivity index (χ3n) is 5.08. The van der Waals surface area contributed by atoms with Crippen LogP contribution in [0.4, 0.5) is 10.5 Å². The molecule has 0 bridgehead atoms. The molecule has 7 nitrogen and oxygen atoms in total. The highest BCUT2D eigenvalue weighted by Gasteiger charge is 2.28. The van der Waals surface area contributed by atoms with Gasteiger partial charge in [0.2, 0.25) is 5.91 Å². The topological polar surface area (TPSA) is 82.7 Å². The average Bonchev–Trinajstić information content (AvgIpc) is 2.70. The van der Waals surface area contributed by atoms with Crippen LogP contribution in [-0.2, 0) is 4.79 Å². The third kappa shape index (κ3) is 5.95. The van der Waals surface area contributed by atoms with Gasteiger partial charge in [-0.2, -0.15) is 0 Å². The highest BCUT2D eigenvalue weighted by Crippen LogP contribution is 2.29. The Labute approximate surface area is 183 Å². The fourth-order valence-electron chi connectivity index (χ4n) is 3.64. The van der Waals surface area contributed by atoms with Crippen LogP contribution in [-0.4, -0.2) is 50.1 Å². The van der Waals surface area contributed by atoms with E-state index in [4.69, 9.17) is 4.74 Å². The number of imide groups is 1. The SMILES string of the molecule is COc1ccccc1C1CNCCN1CC(=O)NC(=O)Nc1ccc(C)cc1C.Cl. The zero-order chi connectivity index (χ0) is 20.8. The second-order valence-electron chi connectivity index (χ2n) is 7.25. The van der Waals surface area contributed by atoms with Crippen LogP contribution in [0.3, 0.4) is 0 Å². The van der Waals surface area contributed by atoms with Gasteiger partial charge in [-0.15, -0.1) is 12.4 Å². The lowest BCUT2D eigenvalue weighted by Gasteiger charge is -2.36. The summed E-state index contributed by atoms with van der Waals surface area (Å²) in [5.74, 6) is 0.452. The monoisotopic (exact) mass is 432 g/mol. The first kappa shape index (κ1) is 23.7. The summed E-state index contributed by atoms with van der Waals surface area (Å²) in [7, 11) is 1.64. The minimum atomic E-state index is -0.522. The molecule has 30 heavy (non-hydrogen) atoms. The van der Waals surface area contributed by atoms with Crippen molar-refractivity contribution in [3.63, 3.8) is 0 Å². The summed E-state index contributed by atoms with van der Waals surface area (Å²) in [5, 5.41) is 8.54. The van der Waals surface area contributed by atoms with Crippen LogP contribution in [0.5, 0.6) is 5.75 Å². The maximum absolute atomic E-state index is 12.5. The smallest absolute Gasteiger partial charge is 0.325 e. The fraction of sp³-hybridized carbons (Fsp3) is 0.364. The molecule has 1 atom stereocenters. The van der Waals surface area contributed by atoms with Gasteiger partial charge in [0.05, 0.1) is 19.7 Å². The van der Waals surface area contributed by atoms with Gasteiger partial charge in [0.15, 0.2) is 0 Å². The van der Waals surface area contributed by atoms with E-state index in [1.807, 2.05) is 56.3 Å². The summed E-state index contributed by atoms with van der Waals surface area (Å²) in [6.45, 7) is 6.24. The van der Waals surface area contributed by atoms with E-state index in [0.717, 1.165) is 29.0 Å². The van der Waals surface area contributed by atoms with Crippen molar-refractivity contribution in [3.8, 4) is 5.75 Å². The Morgan fingerprint density at radius 2 is 1.97 bits per heavy atom. The van der Waals surface area contributed by atoms with Crippen molar-refractivity contribution in [3.05, 3.63) is 59.2 Å². The van der Waals surface area contributed by atoms with Crippen molar-refractivity contribution in [2.75, 3.05) is 38.6 Å². The predicted molar refractivity (Wildman–Crippen MR) is 121 cm³/mol. The molecule has 1 fully saturated rings. The highest BCUT2D eigenvalue weighted by atomic mass is 35.5. The van der Waals surface area contributed by atoms with E-state index in [1.165, 1.54) is 0 Å². The first-order valence-electron chi connectivity index (χ1n) is 9.73. The number of anilines is 1. The molecule has 1 heterocycles. The number of para-hydroxylation sites is 1. The summed E-state index contributed by atoms with van der Waals surface area (Å²) in [5.41, 5.74) is 3.78. The molecule has 2 aromatic carbocycles. The van der Waals surface area contributed by atoms with Gasteiger partial charge in [0.1, 0.15) is 5.75 Å². The van der Waals surface area contributed by atoms with Crippen LogP contribution in [0, 0.1) is 13.8 Å². The van der Waals surface area contributed by atoms with Gasteiger partial charge < -0.3 is 15.4 Å². The molecule has 8 heteroatoms. The average molecular weight is 433 g/mol. The number of piperazine rings is 1. The van der Waals surface area contributed by atoms with Gasteiger partial charge in [-0.05, 0) is 31.5 Å². The lowest BCUT2D eigenvalue weighted by atomic mass is 10.0. The number of rotatable bonds is 5. The van der Waals surface area contributed by atoms with Gasteiger partial charge in [0.25, 0.3) is 0 Å². The number of benzene rings is 2. The van der Waals surface area contributed by atoms with Crippen LogP contribution in [0.15, 0.2) is 42.5 Å². The van der Waals surface area contributed by atoms with Crippen LogP contribution in [0.25, 0.3) is 0 Å². The lowest BCUT2D eigenvalue weighted by Crippen LogP contribution is -2.50. The Hall–Kier alpha value is -2.61. The van der Waals surface area contributed by atoms with Crippen molar-refractivity contribution in [1.29, 1.82) is 0 Å². The number of hydrogen-bond acceptors (Lipinski definition) is 5. The van der Waals surface area contributed by atoms with Gasteiger partial charge >= 0.3 is 6.03 Å². The lowest BCUT2D eigenvalue weighted by molar-refractivity contribution is -0.121. The molecular formula is C22H29ClN4O3. The van der Waals surface area contributed by atoms with E-state index in [2.05, 4.69) is 20.9 Å². The summed E-state index contributed by atoms with van der Waals surface area (Å²) < 4.78 is 5.48. The molecule has 0 saturated carbocycles. The molecule has 1 saturated heterocycles. The number of ether oxygens (including phenoxy) is 1. The molecule has 3 amide bonds. The van der Waals surface area contributed by atoms with Crippen LogP contribution in [0.2, 0.25) is 0 Å². The molecule has 0 aromatic heterocycles. The summed E-state index contributed by atoms with van der Waals surface area (Å²) >= 11 is 0. The molecule has 2 aromatic rings. The maximum atomic E-state index is 12.5. The standard InChI is InChI=1S/C22H28N4O3.ClH/c1-15-8-9-18(16(2)12-15)24-22(28)25-21(27)14-26-11-10-23-13-19(26)17-6-4-5-7-20(17)29-3;/h4-9,12,19,23H,10-11,13-14H2,1-3H3,(H2,24,25,27,28);1H. The van der Waals surface area contributed by atoms with Crippen molar-refractivity contribution in [2.45, 2.75) is 19.9 Å². The molecule has 0 radical (unpaired) electrons. The third-order valence-corrected chi connectivity index (χ3v) is 5.08. The minimum Gasteiger partial charge on any atom is -0.496 e. The number of carbonyl (C=O) groups is 2. The molecule has 0 spiro atoms. The predicted octanol–water partition coefficient (Wildman–Crippen LogP) is 3.03. The quantitative estimate of drug-likeness (QED) is 0.676. The Morgan fingerprint density at radius 1 is 1.20 bits per heavy atom. The number of halogens is 1. The Bertz CT molecular complexity index is 890. The van der Waals surface area contributed by atoms with E-state index in [0.29, 0.717) is 18.8 Å². The summed E-state index contributed by atoms with van der Waals surface area (Å²) in [4.78, 5) is 26.8. The first-order chi connectivity index (χ1) is 14.0. The molecular weight excluding hydrogens is 404 g/mol. The Balaban J connectivity index is 0.00000320. The summed E-state index contributed by atoms with van der Waals surface area (Å²) in [6, 6.07) is 13.0. The van der Waals surface area contributed by atoms with E-state index in [-0.39, 0.29) is 30.9 Å². The van der Waals surface area contributed by atoms with Gasteiger partial charge in [0, 0.05) is 30.9 Å². The number of carbonyl (C=O) groups excluding carboxylic acids is 2. The molecule has 0 aliphatic carbocycles. The number of amides is 3. The Kier molecular flexibility index (Phi) is 8.65. The molecule has 1 aliphatic rings. The van der Waals surface area contributed by atoms with E-state index < -0.39 is 6.03 Å². The molecule has 162 valence electrons. The molecule has 1 aliphatic heterocycles. The number of hydrogen-bond donors (Lipinski definition) is 3. The number of methoxy groups -OCH3 is 1. The highest BCUT2D eigenvalue weighted by molar-refractivity contribution is 6.02. The molecule has 3 rings (SSSR count). The maximum Gasteiger partial charge on any atom is 0.325 e. The second kappa shape index (κ2) is 11.0. The van der Waals surface area contributed by atoms with Crippen molar-refractivity contribution in [1.82, 2.24) is 15.5 Å². The number of urea groups is 1. The van der Waals surface area contributed by atoms with Crippen molar-refractivity contribution in [2.24, 2.45) is 0 Å². The van der Waals surface area contributed by atoms with Crippen LogP contribution < -0.4 is 20.7 Å². The fourth-order valence-corrected chi connectivity index (χ4v) is 3.64. The first-order valence-corrected chi connectivity index (χ1v) is 9.73. The van der Waals surface area contributed by atoms with Crippen molar-refractivity contribution < 1.29 is 14.3 Å². The molecule has 1 unspecified atom stereocenters. The largest absolute Gasteiger partial charge is 0.496 e. The van der Waals surface area contributed by atoms with Gasteiger partial charge in [-0.1, -0.05) is 35.9 Å². The number of nitrogens with one attached hydrogen (secondary N) is 3.